The van der Waals surface area contributed by atoms with E-state index in [-0.39, 0.29) is 11.5 Å². The van der Waals surface area contributed by atoms with Crippen molar-refractivity contribution in [1.82, 2.24) is 0 Å². The zero-order valence-corrected chi connectivity index (χ0v) is 9.02. The highest BCUT2D eigenvalue weighted by Crippen LogP contribution is 2.23. The molecule has 0 saturated heterocycles. The van der Waals surface area contributed by atoms with Gasteiger partial charge in [0, 0.05) is 0 Å². The number of hydrogen-bond acceptors (Lipinski definition) is 0. The Kier molecular flexibility index (Phi) is 5.56. The van der Waals surface area contributed by atoms with Crippen LogP contribution in [0.4, 0.5) is 0 Å². The standard InChI is InChI=1S/C11H23O/c1-5-6-7-8-9-10(12)11(2,3)4/h10H,5-9H2,1-4H3. The van der Waals surface area contributed by atoms with Crippen LogP contribution in [0.15, 0.2) is 0 Å². The Hall–Kier alpha value is -0.0400. The van der Waals surface area contributed by atoms with E-state index in [1.165, 1.54) is 19.3 Å². The SMILES string of the molecule is CCCCCCC([O])C(C)(C)C. The van der Waals surface area contributed by atoms with Crippen molar-refractivity contribution in [2.24, 2.45) is 5.41 Å². The van der Waals surface area contributed by atoms with Crippen molar-refractivity contribution in [3.05, 3.63) is 0 Å². The van der Waals surface area contributed by atoms with Gasteiger partial charge in [-0.05, 0) is 11.8 Å². The molecule has 0 amide bonds. The molecule has 0 heterocycles. The third-order valence-electron chi connectivity index (χ3n) is 2.29. The maximum Gasteiger partial charge on any atom is 0.0978 e. The molecule has 0 aromatic rings. The summed E-state index contributed by atoms with van der Waals surface area (Å²) < 4.78 is 0. The van der Waals surface area contributed by atoms with Crippen LogP contribution in [-0.4, -0.2) is 6.10 Å². The molecule has 0 saturated carbocycles. The highest BCUT2D eigenvalue weighted by Gasteiger charge is 2.22. The van der Waals surface area contributed by atoms with Crippen LogP contribution in [-0.2, 0) is 5.11 Å². The molecule has 1 radical (unpaired) electrons. The third-order valence-corrected chi connectivity index (χ3v) is 2.29. The number of rotatable bonds is 5. The molecular formula is C11H23O. The summed E-state index contributed by atoms with van der Waals surface area (Å²) in [4.78, 5) is 0. The maximum atomic E-state index is 11.5. The van der Waals surface area contributed by atoms with E-state index >= 15 is 0 Å². The zero-order valence-electron chi connectivity index (χ0n) is 9.02. The molecule has 0 aliphatic rings. The lowest BCUT2D eigenvalue weighted by atomic mass is 9.86. The first kappa shape index (κ1) is 12.0. The van der Waals surface area contributed by atoms with Crippen molar-refractivity contribution >= 4 is 0 Å². The van der Waals surface area contributed by atoms with Crippen molar-refractivity contribution in [3.8, 4) is 0 Å². The van der Waals surface area contributed by atoms with Gasteiger partial charge in [-0.25, -0.2) is 5.11 Å². The van der Waals surface area contributed by atoms with Crippen molar-refractivity contribution < 1.29 is 5.11 Å². The molecule has 0 spiro atoms. The van der Waals surface area contributed by atoms with Crippen LogP contribution in [0.1, 0.15) is 59.8 Å². The summed E-state index contributed by atoms with van der Waals surface area (Å²) in [6, 6.07) is 0. The van der Waals surface area contributed by atoms with Gasteiger partial charge in [0.2, 0.25) is 0 Å². The molecule has 0 aromatic carbocycles. The van der Waals surface area contributed by atoms with E-state index in [0.717, 1.165) is 12.8 Å². The largest absolute Gasteiger partial charge is 0.233 e. The Morgan fingerprint density at radius 1 is 1.08 bits per heavy atom. The van der Waals surface area contributed by atoms with E-state index in [1.54, 1.807) is 0 Å². The van der Waals surface area contributed by atoms with Gasteiger partial charge in [-0.3, -0.25) is 0 Å². The van der Waals surface area contributed by atoms with Gasteiger partial charge in [-0.15, -0.1) is 0 Å². The van der Waals surface area contributed by atoms with Gasteiger partial charge >= 0.3 is 0 Å². The molecule has 1 unspecified atom stereocenters. The molecule has 0 aliphatic heterocycles. The molecule has 1 nitrogen and oxygen atoms in total. The van der Waals surface area contributed by atoms with Gasteiger partial charge in [-0.2, -0.15) is 0 Å². The Labute approximate surface area is 77.2 Å². The summed E-state index contributed by atoms with van der Waals surface area (Å²) in [5.41, 5.74) is -0.0494. The second kappa shape index (κ2) is 5.58. The Morgan fingerprint density at radius 2 is 1.67 bits per heavy atom. The molecule has 0 fully saturated rings. The fraction of sp³-hybridized carbons (Fsp3) is 1.00. The van der Waals surface area contributed by atoms with Gasteiger partial charge < -0.3 is 0 Å². The molecule has 73 valence electrons. The van der Waals surface area contributed by atoms with Crippen molar-refractivity contribution in [3.63, 3.8) is 0 Å². The van der Waals surface area contributed by atoms with Gasteiger partial charge in [0.1, 0.15) is 0 Å². The first-order valence-electron chi connectivity index (χ1n) is 5.14. The normalized spacial score (nSPS) is 14.8. The fourth-order valence-corrected chi connectivity index (χ4v) is 1.19. The van der Waals surface area contributed by atoms with Gasteiger partial charge in [0.25, 0.3) is 0 Å². The summed E-state index contributed by atoms with van der Waals surface area (Å²) in [5, 5.41) is 11.5. The summed E-state index contributed by atoms with van der Waals surface area (Å²) >= 11 is 0. The van der Waals surface area contributed by atoms with E-state index in [9.17, 15) is 5.11 Å². The first-order chi connectivity index (χ1) is 5.48. The fourth-order valence-electron chi connectivity index (χ4n) is 1.19. The third kappa shape index (κ3) is 5.59. The molecule has 0 N–H and O–H groups in total. The van der Waals surface area contributed by atoms with Gasteiger partial charge in [0.15, 0.2) is 0 Å². The highest BCUT2D eigenvalue weighted by atomic mass is 16.3. The Morgan fingerprint density at radius 3 is 2.08 bits per heavy atom. The summed E-state index contributed by atoms with van der Waals surface area (Å²) in [7, 11) is 0. The predicted octanol–water partition coefficient (Wildman–Crippen LogP) is 3.80. The van der Waals surface area contributed by atoms with Crippen LogP contribution in [0, 0.1) is 5.41 Å². The number of hydrogen-bond donors (Lipinski definition) is 0. The molecule has 12 heavy (non-hydrogen) atoms. The quantitative estimate of drug-likeness (QED) is 0.561. The first-order valence-corrected chi connectivity index (χ1v) is 5.14. The Balaban J connectivity index is 3.38. The minimum absolute atomic E-state index is 0.0494. The van der Waals surface area contributed by atoms with Crippen molar-refractivity contribution in [2.45, 2.75) is 65.9 Å². The average molecular weight is 171 g/mol. The van der Waals surface area contributed by atoms with E-state index < -0.39 is 0 Å². The summed E-state index contributed by atoms with van der Waals surface area (Å²) in [6.45, 7) is 8.29. The number of unbranched alkanes of at least 4 members (excludes halogenated alkanes) is 3. The smallest absolute Gasteiger partial charge is 0.0978 e. The summed E-state index contributed by atoms with van der Waals surface area (Å²) in [5.74, 6) is 0. The molecule has 0 bridgehead atoms. The lowest BCUT2D eigenvalue weighted by molar-refractivity contribution is -0.00713. The molecule has 1 atom stereocenters. The molecule has 0 rings (SSSR count). The Bertz CT molecular complexity index is 102. The molecule has 1 heteroatoms. The van der Waals surface area contributed by atoms with Crippen LogP contribution in [0.25, 0.3) is 0 Å². The molecule has 0 aromatic heterocycles. The van der Waals surface area contributed by atoms with E-state index in [2.05, 4.69) is 6.92 Å². The topological polar surface area (TPSA) is 19.9 Å². The van der Waals surface area contributed by atoms with Crippen LogP contribution in [0.2, 0.25) is 0 Å². The highest BCUT2D eigenvalue weighted by molar-refractivity contribution is 4.71. The molecule has 0 aliphatic carbocycles. The average Bonchev–Trinajstić information content (AvgIpc) is 1.96. The molecular weight excluding hydrogens is 148 g/mol. The second-order valence-electron chi connectivity index (χ2n) is 4.70. The van der Waals surface area contributed by atoms with Crippen molar-refractivity contribution in [2.75, 3.05) is 0 Å². The minimum atomic E-state index is -0.380. The zero-order chi connectivity index (χ0) is 9.61. The maximum absolute atomic E-state index is 11.5. The van der Waals surface area contributed by atoms with Crippen molar-refractivity contribution in [1.29, 1.82) is 0 Å². The predicted molar refractivity (Wildman–Crippen MR) is 52.7 cm³/mol. The monoisotopic (exact) mass is 171 g/mol. The van der Waals surface area contributed by atoms with E-state index in [4.69, 9.17) is 0 Å². The summed E-state index contributed by atoms with van der Waals surface area (Å²) in [6.07, 6.45) is 5.33. The van der Waals surface area contributed by atoms with Crippen LogP contribution in [0.3, 0.4) is 0 Å². The van der Waals surface area contributed by atoms with Gasteiger partial charge in [-0.1, -0.05) is 53.4 Å². The van der Waals surface area contributed by atoms with E-state index in [1.807, 2.05) is 20.8 Å². The van der Waals surface area contributed by atoms with Crippen LogP contribution in [0.5, 0.6) is 0 Å². The van der Waals surface area contributed by atoms with Crippen LogP contribution >= 0.6 is 0 Å². The van der Waals surface area contributed by atoms with E-state index in [0.29, 0.717) is 0 Å². The lowest BCUT2D eigenvalue weighted by Gasteiger charge is -2.23. The minimum Gasteiger partial charge on any atom is -0.233 e. The second-order valence-corrected chi connectivity index (χ2v) is 4.70. The van der Waals surface area contributed by atoms with Gasteiger partial charge in [0.05, 0.1) is 6.10 Å². The lowest BCUT2D eigenvalue weighted by Crippen LogP contribution is -2.24. The van der Waals surface area contributed by atoms with Crippen LogP contribution < -0.4 is 0 Å².